The van der Waals surface area contributed by atoms with E-state index in [1.54, 1.807) is 18.4 Å². The Bertz CT molecular complexity index is 1270. The number of ether oxygens (including phenoxy) is 1. The molecular formula is C19H16ClN3O6S2. The van der Waals surface area contributed by atoms with Crippen LogP contribution in [-0.2, 0) is 26.2 Å². The number of halogens is 1. The summed E-state index contributed by atoms with van der Waals surface area (Å²) in [6.45, 7) is -0.843. The van der Waals surface area contributed by atoms with Crippen LogP contribution in [-0.4, -0.2) is 37.1 Å². The number of carbonyl (C=O) groups is 1. The molecule has 0 saturated heterocycles. The number of hydrogen-bond acceptors (Lipinski definition) is 8. The molecule has 1 aromatic heterocycles. The number of nitro groups is 1. The summed E-state index contributed by atoms with van der Waals surface area (Å²) in [5.74, 6) is -0.844. The third-order valence-corrected chi connectivity index (χ3v) is 6.71. The van der Waals surface area contributed by atoms with Gasteiger partial charge in [-0.15, -0.1) is 11.8 Å². The molecule has 162 valence electrons. The number of carbonyl (C=O) groups excluding carboxylic acids is 1. The molecular weight excluding hydrogens is 466 g/mol. The second kappa shape index (κ2) is 9.60. The van der Waals surface area contributed by atoms with E-state index >= 15 is 0 Å². The lowest BCUT2D eigenvalue weighted by atomic mass is 10.2. The molecule has 3 rings (SSSR count). The first-order valence-electron chi connectivity index (χ1n) is 8.73. The van der Waals surface area contributed by atoms with Gasteiger partial charge in [-0.2, -0.15) is 4.72 Å². The number of hydrogen-bond donors (Lipinski definition) is 1. The van der Waals surface area contributed by atoms with Crippen molar-refractivity contribution in [2.24, 2.45) is 0 Å². The van der Waals surface area contributed by atoms with Gasteiger partial charge < -0.3 is 4.74 Å². The van der Waals surface area contributed by atoms with E-state index in [-0.39, 0.29) is 22.3 Å². The molecule has 0 aliphatic rings. The minimum absolute atomic E-state index is 0.174. The van der Waals surface area contributed by atoms with Crippen LogP contribution in [0.25, 0.3) is 10.9 Å². The van der Waals surface area contributed by atoms with E-state index < -0.39 is 27.5 Å². The van der Waals surface area contributed by atoms with Gasteiger partial charge in [0.05, 0.1) is 20.2 Å². The average molecular weight is 482 g/mol. The lowest BCUT2D eigenvalue weighted by molar-refractivity contribution is -0.387. The molecule has 31 heavy (non-hydrogen) atoms. The van der Waals surface area contributed by atoms with Gasteiger partial charge >= 0.3 is 5.97 Å². The van der Waals surface area contributed by atoms with Crippen LogP contribution >= 0.6 is 23.4 Å². The van der Waals surface area contributed by atoms with Crippen LogP contribution in [0.15, 0.2) is 58.3 Å². The van der Waals surface area contributed by atoms with Gasteiger partial charge in [-0.05, 0) is 30.5 Å². The van der Waals surface area contributed by atoms with Crippen molar-refractivity contribution in [1.29, 1.82) is 0 Å². The first-order valence-corrected chi connectivity index (χ1v) is 11.8. The number of sulfonamides is 1. The van der Waals surface area contributed by atoms with Crippen molar-refractivity contribution in [3.63, 3.8) is 0 Å². The maximum absolute atomic E-state index is 12.4. The molecule has 0 bridgehead atoms. The third-order valence-electron chi connectivity index (χ3n) is 4.20. The van der Waals surface area contributed by atoms with Crippen molar-refractivity contribution in [3.05, 3.63) is 69.4 Å². The Morgan fingerprint density at radius 2 is 2.00 bits per heavy atom. The second-order valence-corrected chi connectivity index (χ2v) is 9.18. The first kappa shape index (κ1) is 22.9. The van der Waals surface area contributed by atoms with Crippen molar-refractivity contribution < 1.29 is 22.9 Å². The number of nitro benzene ring substituents is 1. The third kappa shape index (κ3) is 5.50. The maximum Gasteiger partial charge on any atom is 0.321 e. The Labute approximate surface area is 187 Å². The number of nitrogens with one attached hydrogen (secondary N) is 1. The summed E-state index contributed by atoms with van der Waals surface area (Å²) in [4.78, 5) is 26.7. The SMILES string of the molecule is CSc1ccc(S(=O)(=O)NCC(=O)OCc2cc3ccccc3nc2Cl)cc1[N+](=O)[O-]. The zero-order valence-corrected chi connectivity index (χ0v) is 18.5. The number of thioether (sulfide) groups is 1. The Balaban J connectivity index is 1.65. The van der Waals surface area contributed by atoms with Crippen molar-refractivity contribution in [1.82, 2.24) is 9.71 Å². The van der Waals surface area contributed by atoms with E-state index in [4.69, 9.17) is 16.3 Å². The molecule has 1 heterocycles. The summed E-state index contributed by atoms with van der Waals surface area (Å²) in [6.07, 6.45) is 1.64. The monoisotopic (exact) mass is 481 g/mol. The number of rotatable bonds is 8. The normalized spacial score (nSPS) is 11.4. The van der Waals surface area contributed by atoms with Crippen LogP contribution in [0.4, 0.5) is 5.69 Å². The molecule has 0 radical (unpaired) electrons. The number of pyridine rings is 1. The van der Waals surface area contributed by atoms with E-state index in [1.165, 1.54) is 12.1 Å². The van der Waals surface area contributed by atoms with Crippen LogP contribution in [0, 0.1) is 10.1 Å². The fraction of sp³-hybridized carbons (Fsp3) is 0.158. The molecule has 0 aliphatic carbocycles. The highest BCUT2D eigenvalue weighted by molar-refractivity contribution is 7.98. The molecule has 9 nitrogen and oxygen atoms in total. The number of nitrogens with zero attached hydrogens (tertiary/aromatic N) is 2. The summed E-state index contributed by atoms with van der Waals surface area (Å²) in [5, 5.41) is 12.1. The van der Waals surface area contributed by atoms with Crippen LogP contribution < -0.4 is 4.72 Å². The first-order chi connectivity index (χ1) is 14.7. The standard InChI is InChI=1S/C19H16ClN3O6S2/c1-30-17-7-6-14(9-16(17)23(25)26)31(27,28)21-10-18(24)29-11-13-8-12-4-2-3-5-15(12)22-19(13)20/h2-9,21H,10-11H2,1H3. The largest absolute Gasteiger partial charge is 0.460 e. The predicted molar refractivity (Wildman–Crippen MR) is 117 cm³/mol. The van der Waals surface area contributed by atoms with Gasteiger partial charge in [0, 0.05) is 17.0 Å². The molecule has 1 N–H and O–H groups in total. The van der Waals surface area contributed by atoms with Crippen LogP contribution in [0.2, 0.25) is 5.15 Å². The van der Waals surface area contributed by atoms with Crippen LogP contribution in [0.5, 0.6) is 0 Å². The van der Waals surface area contributed by atoms with Crippen LogP contribution in [0.1, 0.15) is 5.56 Å². The van der Waals surface area contributed by atoms with E-state index in [0.717, 1.165) is 23.2 Å². The molecule has 0 fully saturated rings. The fourth-order valence-corrected chi connectivity index (χ4v) is 4.40. The zero-order chi connectivity index (χ0) is 22.6. The van der Waals surface area contributed by atoms with Gasteiger partial charge in [0.25, 0.3) is 5.69 Å². The lowest BCUT2D eigenvalue weighted by Crippen LogP contribution is -2.30. The van der Waals surface area contributed by atoms with Crippen LogP contribution in [0.3, 0.4) is 0 Å². The van der Waals surface area contributed by atoms with Gasteiger partial charge in [0.2, 0.25) is 10.0 Å². The highest BCUT2D eigenvalue weighted by atomic mass is 35.5. The van der Waals surface area contributed by atoms with Gasteiger partial charge in [-0.25, -0.2) is 13.4 Å². The van der Waals surface area contributed by atoms with E-state index in [1.807, 2.05) is 18.2 Å². The Morgan fingerprint density at radius 1 is 1.26 bits per heavy atom. The van der Waals surface area contributed by atoms with Gasteiger partial charge in [0.1, 0.15) is 18.3 Å². The molecule has 0 aliphatic heterocycles. The highest BCUT2D eigenvalue weighted by Gasteiger charge is 2.22. The second-order valence-electron chi connectivity index (χ2n) is 6.21. The summed E-state index contributed by atoms with van der Waals surface area (Å²) < 4.78 is 32.0. The average Bonchev–Trinajstić information content (AvgIpc) is 2.75. The topological polar surface area (TPSA) is 128 Å². The number of aromatic nitrogens is 1. The number of esters is 1. The zero-order valence-electron chi connectivity index (χ0n) is 16.1. The van der Waals surface area contributed by atoms with Crippen molar-refractivity contribution in [2.45, 2.75) is 16.4 Å². The fourth-order valence-electron chi connectivity index (χ4n) is 2.66. The van der Waals surface area contributed by atoms with E-state index in [0.29, 0.717) is 16.0 Å². The lowest BCUT2D eigenvalue weighted by Gasteiger charge is -2.09. The predicted octanol–water partition coefficient (Wildman–Crippen LogP) is 3.54. The quantitative estimate of drug-likeness (QED) is 0.170. The molecule has 2 aromatic carbocycles. The smallest absolute Gasteiger partial charge is 0.321 e. The van der Waals surface area contributed by atoms with Crippen molar-refractivity contribution in [2.75, 3.05) is 12.8 Å². The highest BCUT2D eigenvalue weighted by Crippen LogP contribution is 2.29. The Hall–Kier alpha value is -2.73. The molecule has 0 unspecified atom stereocenters. The minimum Gasteiger partial charge on any atom is -0.460 e. The minimum atomic E-state index is -4.16. The number of para-hydroxylation sites is 1. The molecule has 3 aromatic rings. The van der Waals surface area contributed by atoms with E-state index in [2.05, 4.69) is 9.71 Å². The van der Waals surface area contributed by atoms with Crippen molar-refractivity contribution >= 4 is 55.9 Å². The summed E-state index contributed by atoms with van der Waals surface area (Å²) in [5.41, 5.74) is 0.827. The summed E-state index contributed by atoms with van der Waals surface area (Å²) in [6, 6.07) is 12.5. The molecule has 0 spiro atoms. The Morgan fingerprint density at radius 3 is 2.71 bits per heavy atom. The molecule has 0 amide bonds. The molecule has 12 heteroatoms. The molecule has 0 atom stereocenters. The van der Waals surface area contributed by atoms with Gasteiger partial charge in [0.15, 0.2) is 0 Å². The van der Waals surface area contributed by atoms with Gasteiger partial charge in [-0.1, -0.05) is 29.8 Å². The summed E-state index contributed by atoms with van der Waals surface area (Å²) in [7, 11) is -4.16. The molecule has 0 saturated carbocycles. The van der Waals surface area contributed by atoms with Gasteiger partial charge in [-0.3, -0.25) is 14.9 Å². The Kier molecular flexibility index (Phi) is 7.11. The number of fused-ring (bicyclic) bond motifs is 1. The number of benzene rings is 2. The maximum atomic E-state index is 12.4. The summed E-state index contributed by atoms with van der Waals surface area (Å²) >= 11 is 7.23. The van der Waals surface area contributed by atoms with Crippen molar-refractivity contribution in [3.8, 4) is 0 Å². The van der Waals surface area contributed by atoms with E-state index in [9.17, 15) is 23.3 Å².